The average Bonchev–Trinajstić information content (AvgIpc) is 2.89. The van der Waals surface area contributed by atoms with Gasteiger partial charge in [-0.3, -0.25) is 4.79 Å². The molecule has 180 valence electrons. The summed E-state index contributed by atoms with van der Waals surface area (Å²) in [5.74, 6) is -0.505. The highest BCUT2D eigenvalue weighted by Crippen LogP contribution is 2.32. The summed E-state index contributed by atoms with van der Waals surface area (Å²) < 4.78 is 13.9. The molecule has 1 amide bonds. The highest BCUT2D eigenvalue weighted by Gasteiger charge is 2.23. The maximum atomic E-state index is 13.9. The lowest BCUT2D eigenvalue weighted by Crippen LogP contribution is -2.29. The smallest absolute Gasteiger partial charge is 0.252 e. The lowest BCUT2D eigenvalue weighted by molar-refractivity contribution is 0.0936. The number of hydrogen-bond donors (Lipinski definition) is 2. The standard InChI is InChI=1S/C30H31FN2O2/c1-2-26(22-14-11-15-23(31)20-22)33-30(35)28-24-16-8-9-18-27(24)32-29(21-12-5-3-6-13-21)25(28)17-7-4-10-19-34/h3,5-6,8-9,11-16,18,20,26,34H,2,4,7,10,17,19H2,1H3,(H,33,35). The second kappa shape index (κ2) is 11.7. The molecule has 0 saturated carbocycles. The highest BCUT2D eigenvalue weighted by molar-refractivity contribution is 6.09. The number of carbonyl (C=O) groups excluding carboxylic acids is 1. The zero-order chi connectivity index (χ0) is 24.6. The maximum absolute atomic E-state index is 13.9. The molecule has 3 aromatic carbocycles. The van der Waals surface area contributed by atoms with E-state index >= 15 is 0 Å². The minimum atomic E-state index is -0.319. The van der Waals surface area contributed by atoms with Crippen LogP contribution in [0.1, 0.15) is 60.1 Å². The monoisotopic (exact) mass is 470 g/mol. The van der Waals surface area contributed by atoms with E-state index in [4.69, 9.17) is 4.98 Å². The summed E-state index contributed by atoms with van der Waals surface area (Å²) in [6.07, 6.45) is 3.72. The number of aliphatic hydroxyl groups excluding tert-OH is 1. The number of rotatable bonds is 10. The molecule has 0 saturated heterocycles. The van der Waals surface area contributed by atoms with Gasteiger partial charge in [-0.05, 0) is 55.0 Å². The van der Waals surface area contributed by atoms with Gasteiger partial charge in [0.2, 0.25) is 0 Å². The van der Waals surface area contributed by atoms with Gasteiger partial charge in [0.15, 0.2) is 0 Å². The lowest BCUT2D eigenvalue weighted by atomic mass is 9.92. The molecule has 1 heterocycles. The van der Waals surface area contributed by atoms with Crippen LogP contribution in [0.2, 0.25) is 0 Å². The Hall–Kier alpha value is -3.57. The van der Waals surface area contributed by atoms with Crippen LogP contribution in [0.4, 0.5) is 4.39 Å². The molecule has 0 radical (unpaired) electrons. The third-order valence-corrected chi connectivity index (χ3v) is 6.32. The Bertz CT molecular complexity index is 1290. The molecule has 0 aliphatic carbocycles. The Balaban J connectivity index is 1.83. The largest absolute Gasteiger partial charge is 0.396 e. The molecule has 4 nitrogen and oxygen atoms in total. The van der Waals surface area contributed by atoms with E-state index in [0.717, 1.165) is 52.5 Å². The van der Waals surface area contributed by atoms with Crippen LogP contribution in [0.3, 0.4) is 0 Å². The number of pyridine rings is 1. The number of aliphatic hydroxyl groups is 1. The Kier molecular flexibility index (Phi) is 8.22. The molecule has 2 N–H and O–H groups in total. The molecule has 1 aromatic heterocycles. The van der Waals surface area contributed by atoms with E-state index in [9.17, 15) is 14.3 Å². The number of para-hydroxylation sites is 1. The molecular weight excluding hydrogens is 439 g/mol. The number of unbranched alkanes of at least 4 members (excludes halogenated alkanes) is 2. The average molecular weight is 471 g/mol. The van der Waals surface area contributed by atoms with Crippen LogP contribution in [0, 0.1) is 5.82 Å². The first-order chi connectivity index (χ1) is 17.1. The number of fused-ring (bicyclic) bond motifs is 1. The van der Waals surface area contributed by atoms with E-state index < -0.39 is 0 Å². The first-order valence-electron chi connectivity index (χ1n) is 12.3. The number of halogens is 1. The van der Waals surface area contributed by atoms with Crippen molar-refractivity contribution in [2.24, 2.45) is 0 Å². The molecule has 1 atom stereocenters. The quantitative estimate of drug-likeness (QED) is 0.256. The van der Waals surface area contributed by atoms with Gasteiger partial charge in [0.25, 0.3) is 5.91 Å². The van der Waals surface area contributed by atoms with Crippen LogP contribution in [0.5, 0.6) is 0 Å². The molecule has 5 heteroatoms. The topological polar surface area (TPSA) is 62.2 Å². The molecule has 35 heavy (non-hydrogen) atoms. The highest BCUT2D eigenvalue weighted by atomic mass is 19.1. The fourth-order valence-electron chi connectivity index (χ4n) is 4.55. The van der Waals surface area contributed by atoms with E-state index in [1.807, 2.05) is 67.6 Å². The minimum absolute atomic E-state index is 0.153. The first-order valence-corrected chi connectivity index (χ1v) is 12.3. The van der Waals surface area contributed by atoms with E-state index in [0.29, 0.717) is 18.4 Å². The van der Waals surface area contributed by atoms with Gasteiger partial charge in [0.1, 0.15) is 5.82 Å². The van der Waals surface area contributed by atoms with Gasteiger partial charge in [-0.1, -0.05) is 74.0 Å². The Morgan fingerprint density at radius 3 is 2.49 bits per heavy atom. The van der Waals surface area contributed by atoms with Crippen LogP contribution in [0.25, 0.3) is 22.2 Å². The van der Waals surface area contributed by atoms with Crippen LogP contribution >= 0.6 is 0 Å². The van der Waals surface area contributed by atoms with Gasteiger partial charge in [0.05, 0.1) is 22.8 Å². The van der Waals surface area contributed by atoms with Gasteiger partial charge in [-0.15, -0.1) is 0 Å². The molecule has 4 rings (SSSR count). The number of carbonyl (C=O) groups is 1. The SMILES string of the molecule is CCC(NC(=O)c1c(CCCCCO)c(-c2ccccc2)nc2ccccc12)c1cccc(F)c1. The summed E-state index contributed by atoms with van der Waals surface area (Å²) in [6, 6.07) is 23.7. The van der Waals surface area contributed by atoms with Crippen molar-refractivity contribution in [2.45, 2.75) is 45.1 Å². The van der Waals surface area contributed by atoms with Crippen molar-refractivity contribution in [2.75, 3.05) is 6.61 Å². The zero-order valence-electron chi connectivity index (χ0n) is 20.0. The Morgan fingerprint density at radius 2 is 1.74 bits per heavy atom. The van der Waals surface area contributed by atoms with Gasteiger partial charge in [-0.25, -0.2) is 9.37 Å². The summed E-state index contributed by atoms with van der Waals surface area (Å²) in [7, 11) is 0. The molecule has 0 bridgehead atoms. The number of nitrogens with zero attached hydrogens (tertiary/aromatic N) is 1. The third kappa shape index (κ3) is 5.75. The van der Waals surface area contributed by atoms with Crippen LogP contribution in [-0.4, -0.2) is 22.6 Å². The van der Waals surface area contributed by atoms with Crippen LogP contribution in [-0.2, 0) is 6.42 Å². The van der Waals surface area contributed by atoms with E-state index in [1.54, 1.807) is 6.07 Å². The fourth-order valence-corrected chi connectivity index (χ4v) is 4.55. The number of hydrogen-bond acceptors (Lipinski definition) is 3. The van der Waals surface area contributed by atoms with Crippen molar-refractivity contribution in [1.29, 1.82) is 0 Å². The summed E-state index contributed by atoms with van der Waals surface area (Å²) >= 11 is 0. The van der Waals surface area contributed by atoms with Crippen molar-refractivity contribution in [3.63, 3.8) is 0 Å². The molecule has 0 aliphatic heterocycles. The predicted molar refractivity (Wildman–Crippen MR) is 139 cm³/mol. The molecule has 0 fully saturated rings. The van der Waals surface area contributed by atoms with Crippen LogP contribution < -0.4 is 5.32 Å². The second-order valence-electron chi connectivity index (χ2n) is 8.72. The zero-order valence-corrected chi connectivity index (χ0v) is 20.0. The van der Waals surface area contributed by atoms with Crippen molar-refractivity contribution >= 4 is 16.8 Å². The van der Waals surface area contributed by atoms with Crippen molar-refractivity contribution in [3.05, 3.63) is 101 Å². The minimum Gasteiger partial charge on any atom is -0.396 e. The van der Waals surface area contributed by atoms with E-state index in [2.05, 4.69) is 5.32 Å². The predicted octanol–water partition coefficient (Wildman–Crippen LogP) is 6.63. The fraction of sp³-hybridized carbons (Fsp3) is 0.267. The second-order valence-corrected chi connectivity index (χ2v) is 8.72. The number of amides is 1. The van der Waals surface area contributed by atoms with Crippen molar-refractivity contribution < 1.29 is 14.3 Å². The maximum Gasteiger partial charge on any atom is 0.252 e. The summed E-state index contributed by atoms with van der Waals surface area (Å²) in [5, 5.41) is 13.2. The molecule has 4 aromatic rings. The first kappa shape index (κ1) is 24.6. The van der Waals surface area contributed by atoms with Gasteiger partial charge >= 0.3 is 0 Å². The third-order valence-electron chi connectivity index (χ3n) is 6.32. The van der Waals surface area contributed by atoms with Gasteiger partial charge in [-0.2, -0.15) is 0 Å². The van der Waals surface area contributed by atoms with E-state index in [1.165, 1.54) is 12.1 Å². The van der Waals surface area contributed by atoms with Gasteiger partial charge < -0.3 is 10.4 Å². The molecule has 0 aliphatic rings. The number of benzene rings is 3. The Labute approximate surface area is 205 Å². The van der Waals surface area contributed by atoms with Crippen LogP contribution in [0.15, 0.2) is 78.9 Å². The number of nitrogens with one attached hydrogen (secondary N) is 1. The summed E-state index contributed by atoms with van der Waals surface area (Å²) in [6.45, 7) is 2.13. The Morgan fingerprint density at radius 1 is 0.971 bits per heavy atom. The number of aromatic nitrogens is 1. The van der Waals surface area contributed by atoms with E-state index in [-0.39, 0.29) is 24.4 Å². The van der Waals surface area contributed by atoms with Gasteiger partial charge in [0, 0.05) is 17.6 Å². The summed E-state index contributed by atoms with van der Waals surface area (Å²) in [5.41, 5.74) is 4.79. The normalized spacial score (nSPS) is 12.0. The molecular formula is C30H31FN2O2. The lowest BCUT2D eigenvalue weighted by Gasteiger charge is -2.21. The van der Waals surface area contributed by atoms with Crippen molar-refractivity contribution in [3.8, 4) is 11.3 Å². The summed E-state index contributed by atoms with van der Waals surface area (Å²) in [4.78, 5) is 18.9. The molecule has 1 unspecified atom stereocenters. The van der Waals surface area contributed by atoms with Crippen molar-refractivity contribution in [1.82, 2.24) is 10.3 Å². The molecule has 0 spiro atoms.